The van der Waals surface area contributed by atoms with Crippen molar-refractivity contribution in [1.29, 1.82) is 0 Å². The lowest BCUT2D eigenvalue weighted by atomic mass is 10.1. The number of thiazole rings is 1. The number of carbonyl (C=O) groups excluding carboxylic acids is 1. The van der Waals surface area contributed by atoms with E-state index >= 15 is 0 Å². The summed E-state index contributed by atoms with van der Waals surface area (Å²) in [5.74, 6) is 0.119. The van der Waals surface area contributed by atoms with Crippen molar-refractivity contribution in [3.8, 4) is 0 Å². The van der Waals surface area contributed by atoms with Crippen molar-refractivity contribution in [1.82, 2.24) is 4.98 Å². The lowest BCUT2D eigenvalue weighted by Crippen LogP contribution is -2.27. The smallest absolute Gasteiger partial charge is 0.185 e. The average molecular weight is 288 g/mol. The Labute approximate surface area is 124 Å². The Morgan fingerprint density at radius 2 is 2.05 bits per heavy atom. The number of benzene rings is 1. The predicted octanol–water partition coefficient (Wildman–Crippen LogP) is 3.80. The molecule has 3 nitrogen and oxygen atoms in total. The summed E-state index contributed by atoms with van der Waals surface area (Å²) >= 11 is 1.60. The number of aromatic nitrogens is 1. The molecule has 0 aliphatic carbocycles. The van der Waals surface area contributed by atoms with Crippen LogP contribution >= 0.6 is 11.3 Å². The molecule has 1 heterocycles. The van der Waals surface area contributed by atoms with Gasteiger partial charge in [0.25, 0.3) is 0 Å². The zero-order valence-electron chi connectivity index (χ0n) is 12.2. The van der Waals surface area contributed by atoms with Crippen LogP contribution in [0, 0.1) is 0 Å². The lowest BCUT2D eigenvalue weighted by molar-refractivity contribution is 0.0992. The summed E-state index contributed by atoms with van der Waals surface area (Å²) in [7, 11) is 2.05. The zero-order chi connectivity index (χ0) is 14.5. The van der Waals surface area contributed by atoms with Gasteiger partial charge in [-0.15, -0.1) is 11.3 Å². The summed E-state index contributed by atoms with van der Waals surface area (Å²) in [6.07, 6.45) is 1.45. The highest BCUT2D eigenvalue weighted by Gasteiger charge is 2.14. The molecule has 1 aromatic carbocycles. The van der Waals surface area contributed by atoms with Crippen molar-refractivity contribution in [2.45, 2.75) is 32.7 Å². The van der Waals surface area contributed by atoms with Crippen molar-refractivity contribution in [2.75, 3.05) is 11.9 Å². The zero-order valence-corrected chi connectivity index (χ0v) is 13.0. The van der Waals surface area contributed by atoms with Crippen LogP contribution in [0.2, 0.25) is 0 Å². The van der Waals surface area contributed by atoms with Gasteiger partial charge in [0.1, 0.15) is 0 Å². The van der Waals surface area contributed by atoms with E-state index in [1.807, 2.05) is 35.7 Å². The molecule has 2 rings (SSSR count). The van der Waals surface area contributed by atoms with Crippen LogP contribution in [0.15, 0.2) is 35.7 Å². The topological polar surface area (TPSA) is 33.2 Å². The second kappa shape index (κ2) is 6.66. The molecule has 106 valence electrons. The molecule has 0 aliphatic rings. The highest BCUT2D eigenvalue weighted by molar-refractivity contribution is 7.13. The molecule has 0 bridgehead atoms. The second-order valence-electron chi connectivity index (χ2n) is 4.96. The van der Waals surface area contributed by atoms with E-state index in [0.717, 1.165) is 22.8 Å². The molecular formula is C16H20N2OS. The van der Waals surface area contributed by atoms with Crippen molar-refractivity contribution < 1.29 is 4.79 Å². The van der Waals surface area contributed by atoms with E-state index in [0.29, 0.717) is 12.5 Å². The molecule has 0 amide bonds. The third kappa shape index (κ3) is 3.45. The maximum Gasteiger partial charge on any atom is 0.185 e. The van der Waals surface area contributed by atoms with E-state index in [4.69, 9.17) is 0 Å². The van der Waals surface area contributed by atoms with E-state index in [2.05, 4.69) is 30.8 Å². The number of ketones is 1. The van der Waals surface area contributed by atoms with Gasteiger partial charge in [-0.2, -0.15) is 0 Å². The molecule has 1 unspecified atom stereocenters. The molecule has 1 aromatic heterocycles. The number of hydrogen-bond donors (Lipinski definition) is 0. The van der Waals surface area contributed by atoms with E-state index < -0.39 is 0 Å². The minimum absolute atomic E-state index is 0.119. The molecule has 0 N–H and O–H groups in total. The van der Waals surface area contributed by atoms with Gasteiger partial charge in [-0.05, 0) is 13.3 Å². The maximum atomic E-state index is 12.1. The summed E-state index contributed by atoms with van der Waals surface area (Å²) in [5.41, 5.74) is 1.60. The highest BCUT2D eigenvalue weighted by Crippen LogP contribution is 2.22. The van der Waals surface area contributed by atoms with Crippen molar-refractivity contribution in [3.05, 3.63) is 47.0 Å². The first-order valence-electron chi connectivity index (χ1n) is 6.87. The Bertz CT molecular complexity index is 565. The number of hydrogen-bond acceptors (Lipinski definition) is 4. The van der Waals surface area contributed by atoms with Crippen molar-refractivity contribution >= 4 is 22.3 Å². The molecule has 2 aromatic rings. The molecule has 0 radical (unpaired) electrons. The summed E-state index contributed by atoms with van der Waals surface area (Å²) in [5, 5.41) is 2.96. The first-order valence-corrected chi connectivity index (χ1v) is 7.75. The standard InChI is InChI=1S/C16H20N2OS/c1-4-12(2)18(3)16-17-14(11-20-16)10-15(19)13-8-6-5-7-9-13/h5-9,11-12H,4,10H2,1-3H3. The van der Waals surface area contributed by atoms with Gasteiger partial charge in [-0.25, -0.2) is 4.98 Å². The molecule has 0 saturated heterocycles. The molecule has 0 spiro atoms. The predicted molar refractivity (Wildman–Crippen MR) is 84.7 cm³/mol. The van der Waals surface area contributed by atoms with Gasteiger partial charge < -0.3 is 4.90 Å². The monoisotopic (exact) mass is 288 g/mol. The molecular weight excluding hydrogens is 268 g/mol. The minimum atomic E-state index is 0.119. The van der Waals surface area contributed by atoms with Crippen LogP contribution in [-0.4, -0.2) is 23.9 Å². The van der Waals surface area contributed by atoms with Crippen molar-refractivity contribution in [3.63, 3.8) is 0 Å². The minimum Gasteiger partial charge on any atom is -0.348 e. The Hall–Kier alpha value is -1.68. The Morgan fingerprint density at radius 1 is 1.35 bits per heavy atom. The number of anilines is 1. The van der Waals surface area contributed by atoms with Crippen LogP contribution in [0.5, 0.6) is 0 Å². The summed E-state index contributed by atoms with van der Waals surface area (Å²) in [6, 6.07) is 9.84. The lowest BCUT2D eigenvalue weighted by Gasteiger charge is -2.22. The van der Waals surface area contributed by atoms with Crippen LogP contribution in [-0.2, 0) is 6.42 Å². The van der Waals surface area contributed by atoms with E-state index in [9.17, 15) is 4.79 Å². The normalized spacial score (nSPS) is 12.2. The highest BCUT2D eigenvalue weighted by atomic mass is 32.1. The van der Waals surface area contributed by atoms with Gasteiger partial charge >= 0.3 is 0 Å². The van der Waals surface area contributed by atoms with E-state index in [1.54, 1.807) is 11.3 Å². The molecule has 0 aliphatic heterocycles. The quantitative estimate of drug-likeness (QED) is 0.758. The molecule has 4 heteroatoms. The van der Waals surface area contributed by atoms with Gasteiger partial charge in [0.15, 0.2) is 10.9 Å². The van der Waals surface area contributed by atoms with E-state index in [1.165, 1.54) is 0 Å². The van der Waals surface area contributed by atoms with Crippen LogP contribution in [0.25, 0.3) is 0 Å². The Kier molecular flexibility index (Phi) is 4.90. The van der Waals surface area contributed by atoms with Gasteiger partial charge in [-0.3, -0.25) is 4.79 Å². The number of nitrogens with zero attached hydrogens (tertiary/aromatic N) is 2. The maximum absolute atomic E-state index is 12.1. The summed E-state index contributed by atoms with van der Waals surface area (Å²) in [6.45, 7) is 4.34. The molecule has 0 fully saturated rings. The fourth-order valence-corrected chi connectivity index (χ4v) is 2.79. The Morgan fingerprint density at radius 3 is 2.70 bits per heavy atom. The molecule has 1 atom stereocenters. The number of carbonyl (C=O) groups is 1. The van der Waals surface area contributed by atoms with Crippen LogP contribution < -0.4 is 4.90 Å². The van der Waals surface area contributed by atoms with Crippen LogP contribution in [0.1, 0.15) is 36.3 Å². The fraction of sp³-hybridized carbons (Fsp3) is 0.375. The van der Waals surface area contributed by atoms with Gasteiger partial charge in [0, 0.05) is 24.0 Å². The molecule has 0 saturated carbocycles. The number of rotatable bonds is 6. The largest absolute Gasteiger partial charge is 0.348 e. The fourth-order valence-electron chi connectivity index (χ4n) is 1.89. The van der Waals surface area contributed by atoms with Gasteiger partial charge in [-0.1, -0.05) is 37.3 Å². The summed E-state index contributed by atoms with van der Waals surface area (Å²) in [4.78, 5) is 18.9. The summed E-state index contributed by atoms with van der Waals surface area (Å²) < 4.78 is 0. The van der Waals surface area contributed by atoms with E-state index in [-0.39, 0.29) is 5.78 Å². The van der Waals surface area contributed by atoms with Crippen LogP contribution in [0.4, 0.5) is 5.13 Å². The third-order valence-corrected chi connectivity index (χ3v) is 4.51. The average Bonchev–Trinajstić information content (AvgIpc) is 2.95. The second-order valence-corrected chi connectivity index (χ2v) is 5.79. The van der Waals surface area contributed by atoms with Crippen LogP contribution in [0.3, 0.4) is 0 Å². The van der Waals surface area contributed by atoms with Crippen molar-refractivity contribution in [2.24, 2.45) is 0 Å². The number of Topliss-reactive ketones (excluding diaryl/α,β-unsaturated/α-hetero) is 1. The first kappa shape index (κ1) is 14.7. The molecule has 20 heavy (non-hydrogen) atoms. The van der Waals surface area contributed by atoms with Gasteiger partial charge in [0.2, 0.25) is 0 Å². The Balaban J connectivity index is 2.05. The SMILES string of the molecule is CCC(C)N(C)c1nc(CC(=O)c2ccccc2)cs1. The van der Waals surface area contributed by atoms with Gasteiger partial charge in [0.05, 0.1) is 12.1 Å². The first-order chi connectivity index (χ1) is 9.61. The third-order valence-electron chi connectivity index (χ3n) is 3.53.